The standard InChI is InChI=1S/C15H14BrN3OS2/c1-9(2)14-17-10(7-21-14)8-22-15-19-18-13(20-15)11-5-3-4-6-12(11)16/h3-7,9H,8H2,1-2H3. The number of benzene rings is 1. The minimum atomic E-state index is 0.467. The fourth-order valence-electron chi connectivity index (χ4n) is 1.80. The van der Waals surface area contributed by atoms with Crippen LogP contribution in [0.1, 0.15) is 30.5 Å². The molecule has 3 aromatic rings. The molecule has 0 spiro atoms. The van der Waals surface area contributed by atoms with Crippen molar-refractivity contribution in [1.29, 1.82) is 0 Å². The lowest BCUT2D eigenvalue weighted by Gasteiger charge is -1.97. The normalized spacial score (nSPS) is 11.3. The number of rotatable bonds is 5. The summed E-state index contributed by atoms with van der Waals surface area (Å²) in [4.78, 5) is 4.60. The van der Waals surface area contributed by atoms with Crippen LogP contribution < -0.4 is 0 Å². The van der Waals surface area contributed by atoms with E-state index in [0.717, 1.165) is 26.5 Å². The summed E-state index contributed by atoms with van der Waals surface area (Å²) in [6.07, 6.45) is 0. The van der Waals surface area contributed by atoms with E-state index in [0.29, 0.717) is 17.0 Å². The van der Waals surface area contributed by atoms with E-state index in [1.165, 1.54) is 11.8 Å². The molecule has 0 bridgehead atoms. The Kier molecular flexibility index (Phi) is 4.95. The summed E-state index contributed by atoms with van der Waals surface area (Å²) in [6, 6.07) is 7.80. The van der Waals surface area contributed by atoms with Crippen molar-refractivity contribution < 1.29 is 4.42 Å². The minimum absolute atomic E-state index is 0.467. The first-order valence-corrected chi connectivity index (χ1v) is 9.45. The number of nitrogens with zero attached hydrogens (tertiary/aromatic N) is 3. The first-order valence-electron chi connectivity index (χ1n) is 6.79. The highest BCUT2D eigenvalue weighted by atomic mass is 79.9. The van der Waals surface area contributed by atoms with Gasteiger partial charge >= 0.3 is 0 Å². The highest BCUT2D eigenvalue weighted by Gasteiger charge is 2.13. The number of halogens is 1. The van der Waals surface area contributed by atoms with Crippen LogP contribution in [0.5, 0.6) is 0 Å². The highest BCUT2D eigenvalue weighted by molar-refractivity contribution is 9.10. The molecule has 0 unspecified atom stereocenters. The Morgan fingerprint density at radius 2 is 2.09 bits per heavy atom. The predicted octanol–water partition coefficient (Wildman–Crippen LogP) is 5.37. The fraction of sp³-hybridized carbons (Fsp3) is 0.267. The molecule has 0 aliphatic rings. The molecule has 3 rings (SSSR count). The molecule has 0 saturated heterocycles. The summed E-state index contributed by atoms with van der Waals surface area (Å²) >= 11 is 6.70. The Morgan fingerprint density at radius 1 is 1.27 bits per heavy atom. The molecule has 0 aliphatic heterocycles. The molecule has 0 aliphatic carbocycles. The molecule has 0 radical (unpaired) electrons. The summed E-state index contributed by atoms with van der Waals surface area (Å²) in [5, 5.41) is 12.0. The van der Waals surface area contributed by atoms with Gasteiger partial charge in [0.1, 0.15) is 0 Å². The van der Waals surface area contributed by atoms with Crippen molar-refractivity contribution in [3.63, 3.8) is 0 Å². The van der Waals surface area contributed by atoms with E-state index in [4.69, 9.17) is 4.42 Å². The Labute approximate surface area is 145 Å². The molecule has 2 aromatic heterocycles. The van der Waals surface area contributed by atoms with Gasteiger partial charge in [0, 0.05) is 21.5 Å². The van der Waals surface area contributed by atoms with Crippen LogP contribution >= 0.6 is 39.0 Å². The predicted molar refractivity (Wildman–Crippen MR) is 93.2 cm³/mol. The lowest BCUT2D eigenvalue weighted by molar-refractivity contribution is 0.465. The van der Waals surface area contributed by atoms with Crippen LogP contribution in [0.2, 0.25) is 0 Å². The van der Waals surface area contributed by atoms with Crippen molar-refractivity contribution in [2.45, 2.75) is 30.7 Å². The molecule has 0 fully saturated rings. The fourth-order valence-corrected chi connectivity index (χ4v) is 3.85. The van der Waals surface area contributed by atoms with Gasteiger partial charge in [0.25, 0.3) is 5.22 Å². The second-order valence-electron chi connectivity index (χ2n) is 4.97. The molecule has 114 valence electrons. The third-order valence-electron chi connectivity index (χ3n) is 2.92. The molecule has 0 saturated carbocycles. The summed E-state index contributed by atoms with van der Waals surface area (Å²) in [6.45, 7) is 4.30. The maximum atomic E-state index is 5.71. The molecular weight excluding hydrogens is 382 g/mol. The van der Waals surface area contributed by atoms with Gasteiger partial charge in [-0.15, -0.1) is 21.5 Å². The first-order chi connectivity index (χ1) is 10.6. The van der Waals surface area contributed by atoms with Crippen molar-refractivity contribution in [2.75, 3.05) is 0 Å². The number of thiazole rings is 1. The van der Waals surface area contributed by atoms with Crippen molar-refractivity contribution in [1.82, 2.24) is 15.2 Å². The topological polar surface area (TPSA) is 51.8 Å². The molecule has 1 aromatic carbocycles. The highest BCUT2D eigenvalue weighted by Crippen LogP contribution is 2.30. The number of hydrogen-bond donors (Lipinski definition) is 0. The molecule has 4 nitrogen and oxygen atoms in total. The quantitative estimate of drug-likeness (QED) is 0.543. The largest absolute Gasteiger partial charge is 0.411 e. The lowest BCUT2D eigenvalue weighted by Crippen LogP contribution is -1.87. The average Bonchev–Trinajstić information content (AvgIpc) is 3.15. The zero-order chi connectivity index (χ0) is 15.5. The zero-order valence-corrected chi connectivity index (χ0v) is 15.3. The van der Waals surface area contributed by atoms with Crippen LogP contribution in [0.15, 0.2) is 43.8 Å². The summed E-state index contributed by atoms with van der Waals surface area (Å²) in [7, 11) is 0. The smallest absolute Gasteiger partial charge is 0.277 e. The van der Waals surface area contributed by atoms with Gasteiger partial charge in [0.2, 0.25) is 5.89 Å². The van der Waals surface area contributed by atoms with Gasteiger partial charge in [-0.25, -0.2) is 4.98 Å². The molecule has 0 atom stereocenters. The monoisotopic (exact) mass is 395 g/mol. The Bertz CT molecular complexity index is 770. The van der Waals surface area contributed by atoms with Gasteiger partial charge in [0.05, 0.1) is 16.3 Å². The van der Waals surface area contributed by atoms with Crippen molar-refractivity contribution in [3.8, 4) is 11.5 Å². The summed E-state index contributed by atoms with van der Waals surface area (Å²) in [5.41, 5.74) is 1.96. The molecule has 0 amide bonds. The third kappa shape index (κ3) is 3.59. The number of aromatic nitrogens is 3. The van der Waals surface area contributed by atoms with E-state index < -0.39 is 0 Å². The van der Waals surface area contributed by atoms with Crippen molar-refractivity contribution >= 4 is 39.0 Å². The van der Waals surface area contributed by atoms with Gasteiger partial charge in [-0.2, -0.15) is 0 Å². The van der Waals surface area contributed by atoms with E-state index >= 15 is 0 Å². The molecule has 2 heterocycles. The molecule has 0 N–H and O–H groups in total. The van der Waals surface area contributed by atoms with Crippen LogP contribution in [0.25, 0.3) is 11.5 Å². The second-order valence-corrected chi connectivity index (χ2v) is 7.64. The molecule has 22 heavy (non-hydrogen) atoms. The third-order valence-corrected chi connectivity index (χ3v) is 5.66. The van der Waals surface area contributed by atoms with E-state index in [2.05, 4.69) is 50.3 Å². The summed E-state index contributed by atoms with van der Waals surface area (Å²) < 4.78 is 6.65. The maximum absolute atomic E-state index is 5.71. The average molecular weight is 396 g/mol. The first kappa shape index (κ1) is 15.7. The van der Waals surface area contributed by atoms with Gasteiger partial charge in [0.15, 0.2) is 0 Å². The SMILES string of the molecule is CC(C)c1nc(CSc2nnc(-c3ccccc3Br)o2)cs1. The van der Waals surface area contributed by atoms with Crippen LogP contribution in [0.4, 0.5) is 0 Å². The maximum Gasteiger partial charge on any atom is 0.277 e. The molecular formula is C15H14BrN3OS2. The van der Waals surface area contributed by atoms with Crippen LogP contribution in [0, 0.1) is 0 Å². The lowest BCUT2D eigenvalue weighted by atomic mass is 10.2. The van der Waals surface area contributed by atoms with Gasteiger partial charge in [-0.05, 0) is 28.1 Å². The van der Waals surface area contributed by atoms with Gasteiger partial charge in [-0.1, -0.05) is 37.7 Å². The zero-order valence-electron chi connectivity index (χ0n) is 12.1. The number of hydrogen-bond acceptors (Lipinski definition) is 6. The van der Waals surface area contributed by atoms with E-state index in [1.54, 1.807) is 11.3 Å². The Balaban J connectivity index is 1.68. The van der Waals surface area contributed by atoms with Crippen LogP contribution in [-0.4, -0.2) is 15.2 Å². The van der Waals surface area contributed by atoms with Crippen molar-refractivity contribution in [2.24, 2.45) is 0 Å². The molecule has 7 heteroatoms. The minimum Gasteiger partial charge on any atom is -0.411 e. The Morgan fingerprint density at radius 3 is 2.82 bits per heavy atom. The summed E-state index contributed by atoms with van der Waals surface area (Å²) in [5.74, 6) is 1.73. The van der Waals surface area contributed by atoms with Gasteiger partial charge in [-0.3, -0.25) is 0 Å². The van der Waals surface area contributed by atoms with Crippen LogP contribution in [-0.2, 0) is 5.75 Å². The Hall–Kier alpha value is -1.18. The van der Waals surface area contributed by atoms with E-state index in [9.17, 15) is 0 Å². The van der Waals surface area contributed by atoms with E-state index in [-0.39, 0.29) is 0 Å². The van der Waals surface area contributed by atoms with E-state index in [1.807, 2.05) is 24.3 Å². The number of thioether (sulfide) groups is 1. The van der Waals surface area contributed by atoms with Crippen LogP contribution in [0.3, 0.4) is 0 Å². The second kappa shape index (κ2) is 6.93. The van der Waals surface area contributed by atoms with Crippen molar-refractivity contribution in [3.05, 3.63) is 44.8 Å². The van der Waals surface area contributed by atoms with Gasteiger partial charge < -0.3 is 4.42 Å².